The predicted octanol–water partition coefficient (Wildman–Crippen LogP) is 1.68. The highest BCUT2D eigenvalue weighted by atomic mass is 16.2. The van der Waals surface area contributed by atoms with Gasteiger partial charge in [-0.15, -0.1) is 0 Å². The first-order chi connectivity index (χ1) is 9.06. The first kappa shape index (κ1) is 13.9. The van der Waals surface area contributed by atoms with Crippen molar-refractivity contribution in [3.05, 3.63) is 29.8 Å². The SMILES string of the molecule is CN(C)CC1CCN(C(=O)c2cccc(N)c2)CC1. The number of carbonyl (C=O) groups is 1. The number of rotatable bonds is 3. The number of nitrogens with zero attached hydrogens (tertiary/aromatic N) is 2. The Hall–Kier alpha value is -1.55. The van der Waals surface area contributed by atoms with Gasteiger partial charge >= 0.3 is 0 Å². The summed E-state index contributed by atoms with van der Waals surface area (Å²) in [4.78, 5) is 16.5. The van der Waals surface area contributed by atoms with E-state index in [1.54, 1.807) is 12.1 Å². The van der Waals surface area contributed by atoms with Crippen LogP contribution in [-0.2, 0) is 0 Å². The summed E-state index contributed by atoms with van der Waals surface area (Å²) in [5, 5.41) is 0. The van der Waals surface area contributed by atoms with Gasteiger partial charge in [-0.05, 0) is 51.1 Å². The molecule has 2 N–H and O–H groups in total. The Morgan fingerprint density at radius 3 is 2.63 bits per heavy atom. The Labute approximate surface area is 115 Å². The van der Waals surface area contributed by atoms with E-state index in [1.807, 2.05) is 17.0 Å². The molecule has 1 aliphatic heterocycles. The maximum absolute atomic E-state index is 12.3. The lowest BCUT2D eigenvalue weighted by atomic mass is 9.96. The number of hydrogen-bond donors (Lipinski definition) is 1. The average Bonchev–Trinajstić information content (AvgIpc) is 2.38. The van der Waals surface area contributed by atoms with Crippen LogP contribution in [0.4, 0.5) is 5.69 Å². The zero-order valence-electron chi connectivity index (χ0n) is 11.8. The maximum atomic E-state index is 12.3. The van der Waals surface area contributed by atoms with Crippen LogP contribution in [0.25, 0.3) is 0 Å². The van der Waals surface area contributed by atoms with Crippen molar-refractivity contribution in [1.82, 2.24) is 9.80 Å². The Morgan fingerprint density at radius 1 is 1.37 bits per heavy atom. The van der Waals surface area contributed by atoms with E-state index in [4.69, 9.17) is 5.73 Å². The first-order valence-corrected chi connectivity index (χ1v) is 6.86. The molecule has 1 aliphatic rings. The topological polar surface area (TPSA) is 49.6 Å². The fourth-order valence-electron chi connectivity index (χ4n) is 2.69. The van der Waals surface area contributed by atoms with Gasteiger partial charge in [0.2, 0.25) is 0 Å². The number of anilines is 1. The summed E-state index contributed by atoms with van der Waals surface area (Å²) in [6.45, 7) is 2.82. The van der Waals surface area contributed by atoms with Gasteiger partial charge in [0, 0.05) is 30.9 Å². The Morgan fingerprint density at radius 2 is 2.05 bits per heavy atom. The number of amides is 1. The smallest absolute Gasteiger partial charge is 0.253 e. The molecule has 0 aliphatic carbocycles. The van der Waals surface area contributed by atoms with E-state index in [9.17, 15) is 4.79 Å². The van der Waals surface area contributed by atoms with Crippen LogP contribution in [0, 0.1) is 5.92 Å². The second kappa shape index (κ2) is 6.06. The maximum Gasteiger partial charge on any atom is 0.253 e. The van der Waals surface area contributed by atoms with E-state index in [1.165, 1.54) is 0 Å². The van der Waals surface area contributed by atoms with E-state index >= 15 is 0 Å². The molecular weight excluding hydrogens is 238 g/mol. The molecule has 0 aromatic heterocycles. The van der Waals surface area contributed by atoms with E-state index in [2.05, 4.69) is 19.0 Å². The highest BCUT2D eigenvalue weighted by molar-refractivity contribution is 5.95. The normalized spacial score (nSPS) is 16.9. The second-order valence-electron chi connectivity index (χ2n) is 5.62. The van der Waals surface area contributed by atoms with Gasteiger partial charge in [0.25, 0.3) is 5.91 Å². The Bertz CT molecular complexity index is 437. The monoisotopic (exact) mass is 261 g/mol. The van der Waals surface area contributed by atoms with Gasteiger partial charge in [0.05, 0.1) is 0 Å². The highest BCUT2D eigenvalue weighted by Crippen LogP contribution is 2.20. The van der Waals surface area contributed by atoms with Gasteiger partial charge in [-0.3, -0.25) is 4.79 Å². The zero-order chi connectivity index (χ0) is 13.8. The standard InChI is InChI=1S/C15H23N3O/c1-17(2)11-12-6-8-18(9-7-12)15(19)13-4-3-5-14(16)10-13/h3-5,10,12H,6-9,11,16H2,1-2H3. The van der Waals surface area contributed by atoms with Gasteiger partial charge in [0.15, 0.2) is 0 Å². The van der Waals surface area contributed by atoms with Crippen molar-refractivity contribution in [3.63, 3.8) is 0 Å². The minimum absolute atomic E-state index is 0.107. The number of nitrogen functional groups attached to an aromatic ring is 1. The Kier molecular flexibility index (Phi) is 4.43. The molecule has 4 heteroatoms. The molecule has 104 valence electrons. The van der Waals surface area contributed by atoms with Gasteiger partial charge in [-0.25, -0.2) is 0 Å². The Balaban J connectivity index is 1.92. The van der Waals surface area contributed by atoms with E-state index in [0.29, 0.717) is 17.2 Å². The van der Waals surface area contributed by atoms with Crippen molar-refractivity contribution in [3.8, 4) is 0 Å². The third-order valence-corrected chi connectivity index (χ3v) is 3.66. The molecule has 0 bridgehead atoms. The molecule has 0 atom stereocenters. The summed E-state index contributed by atoms with van der Waals surface area (Å²) in [6, 6.07) is 7.24. The number of piperidine rings is 1. The molecule has 1 aromatic rings. The van der Waals surface area contributed by atoms with Crippen LogP contribution in [-0.4, -0.2) is 49.4 Å². The lowest BCUT2D eigenvalue weighted by Crippen LogP contribution is -2.40. The molecule has 0 spiro atoms. The number of hydrogen-bond acceptors (Lipinski definition) is 3. The van der Waals surface area contributed by atoms with Crippen molar-refractivity contribution in [1.29, 1.82) is 0 Å². The third kappa shape index (κ3) is 3.70. The van der Waals surface area contributed by atoms with E-state index in [-0.39, 0.29) is 5.91 Å². The summed E-state index contributed by atoms with van der Waals surface area (Å²) in [7, 11) is 4.20. The van der Waals surface area contributed by atoms with Crippen molar-refractivity contribution in [2.24, 2.45) is 5.92 Å². The van der Waals surface area contributed by atoms with E-state index < -0.39 is 0 Å². The van der Waals surface area contributed by atoms with Crippen LogP contribution in [0.5, 0.6) is 0 Å². The minimum Gasteiger partial charge on any atom is -0.399 e. The fraction of sp³-hybridized carbons (Fsp3) is 0.533. The van der Waals surface area contributed by atoms with Crippen molar-refractivity contribution in [2.45, 2.75) is 12.8 Å². The van der Waals surface area contributed by atoms with Crippen LogP contribution in [0.3, 0.4) is 0 Å². The molecule has 1 fully saturated rings. The summed E-state index contributed by atoms with van der Waals surface area (Å²) < 4.78 is 0. The summed E-state index contributed by atoms with van der Waals surface area (Å²) in [5.74, 6) is 0.815. The highest BCUT2D eigenvalue weighted by Gasteiger charge is 2.23. The summed E-state index contributed by atoms with van der Waals surface area (Å²) >= 11 is 0. The first-order valence-electron chi connectivity index (χ1n) is 6.86. The molecule has 0 unspecified atom stereocenters. The van der Waals surface area contributed by atoms with Crippen LogP contribution >= 0.6 is 0 Å². The van der Waals surface area contributed by atoms with Crippen LogP contribution < -0.4 is 5.73 Å². The lowest BCUT2D eigenvalue weighted by molar-refractivity contribution is 0.0678. The number of likely N-dealkylation sites (tertiary alicyclic amines) is 1. The molecular formula is C15H23N3O. The molecule has 0 saturated carbocycles. The van der Waals surface area contributed by atoms with Crippen molar-refractivity contribution in [2.75, 3.05) is 39.5 Å². The third-order valence-electron chi connectivity index (χ3n) is 3.66. The number of nitrogens with two attached hydrogens (primary N) is 1. The van der Waals surface area contributed by atoms with Crippen LogP contribution in [0.15, 0.2) is 24.3 Å². The quantitative estimate of drug-likeness (QED) is 0.842. The van der Waals surface area contributed by atoms with Crippen molar-refractivity contribution >= 4 is 11.6 Å². The molecule has 4 nitrogen and oxygen atoms in total. The van der Waals surface area contributed by atoms with Gasteiger partial charge in [-0.1, -0.05) is 6.07 Å². The number of benzene rings is 1. The zero-order valence-corrected chi connectivity index (χ0v) is 11.8. The molecule has 1 amide bonds. The molecule has 2 rings (SSSR count). The second-order valence-corrected chi connectivity index (χ2v) is 5.62. The van der Waals surface area contributed by atoms with Gasteiger partial charge < -0.3 is 15.5 Å². The lowest BCUT2D eigenvalue weighted by Gasteiger charge is -2.33. The molecule has 1 saturated heterocycles. The molecule has 1 heterocycles. The average molecular weight is 261 g/mol. The van der Waals surface area contributed by atoms with E-state index in [0.717, 1.165) is 32.5 Å². The molecule has 0 radical (unpaired) electrons. The summed E-state index contributed by atoms with van der Waals surface area (Å²) in [5.41, 5.74) is 7.07. The van der Waals surface area contributed by atoms with Crippen LogP contribution in [0.1, 0.15) is 23.2 Å². The van der Waals surface area contributed by atoms with Gasteiger partial charge in [-0.2, -0.15) is 0 Å². The fourth-order valence-corrected chi connectivity index (χ4v) is 2.69. The largest absolute Gasteiger partial charge is 0.399 e. The molecule has 1 aromatic carbocycles. The predicted molar refractivity (Wildman–Crippen MR) is 78.0 cm³/mol. The summed E-state index contributed by atoms with van der Waals surface area (Å²) in [6.07, 6.45) is 2.18. The molecule has 19 heavy (non-hydrogen) atoms. The number of carbonyl (C=O) groups excluding carboxylic acids is 1. The van der Waals surface area contributed by atoms with Crippen LogP contribution in [0.2, 0.25) is 0 Å². The van der Waals surface area contributed by atoms with Crippen molar-refractivity contribution < 1.29 is 4.79 Å². The minimum atomic E-state index is 0.107. The van der Waals surface area contributed by atoms with Gasteiger partial charge in [0.1, 0.15) is 0 Å².